The van der Waals surface area contributed by atoms with E-state index in [4.69, 9.17) is 9.97 Å². The van der Waals surface area contributed by atoms with Crippen molar-refractivity contribution in [2.45, 2.75) is 0 Å². The number of hydrogen-bond acceptors (Lipinski definition) is 3. The maximum absolute atomic E-state index is 10.1. The fourth-order valence-electron chi connectivity index (χ4n) is 7.24. The highest BCUT2D eigenvalue weighted by Crippen LogP contribution is 2.47. The minimum Gasteiger partial charge on any atom is -0.308 e. The molecule has 4 heterocycles. The van der Waals surface area contributed by atoms with Crippen molar-refractivity contribution >= 4 is 81.6 Å². The van der Waals surface area contributed by atoms with E-state index in [1.807, 2.05) is 24.3 Å². The van der Waals surface area contributed by atoms with Crippen molar-refractivity contribution in [3.05, 3.63) is 121 Å². The first-order valence-corrected chi connectivity index (χ1v) is 14.0. The van der Waals surface area contributed by atoms with Crippen LogP contribution in [0.1, 0.15) is 5.69 Å². The van der Waals surface area contributed by atoms with Crippen molar-refractivity contribution in [3.63, 3.8) is 0 Å². The number of fused-ring (bicyclic) bond motifs is 13. The average Bonchev–Trinajstić information content (AvgIpc) is 3.68. The largest absolute Gasteiger partial charge is 0.308 e. The normalized spacial score (nSPS) is 12.3. The summed E-state index contributed by atoms with van der Waals surface area (Å²) < 4.78 is 4.58. The molecule has 6 aromatic carbocycles. The third kappa shape index (κ3) is 2.53. The second kappa shape index (κ2) is 7.60. The number of aromatic nitrogens is 4. The molecule has 5 nitrogen and oxygen atoms in total. The van der Waals surface area contributed by atoms with Gasteiger partial charge in [0.2, 0.25) is 5.95 Å². The van der Waals surface area contributed by atoms with Crippen LogP contribution in [0.4, 0.5) is 0 Å². The van der Waals surface area contributed by atoms with Crippen molar-refractivity contribution in [2.24, 2.45) is 0 Å². The van der Waals surface area contributed by atoms with E-state index in [0.717, 1.165) is 27.3 Å². The molecule has 0 unspecified atom stereocenters. The molecule has 5 heteroatoms. The number of rotatable bonds is 1. The summed E-state index contributed by atoms with van der Waals surface area (Å²) in [5, 5.41) is 20.5. The van der Waals surface area contributed by atoms with Gasteiger partial charge in [0.25, 0.3) is 0 Å². The SMILES string of the molecule is N#Cc1nc(-n2c3ccccc3c3c4c5c6ccccc6ccc5n5c6ccccc6c(cc32)c45)nc2ccccc12. The first-order chi connectivity index (χ1) is 20.8. The standard InChI is InChI=1S/C37H19N5/c38-20-28-24-12-3-6-14-27(24)39-37(40-28)42-30-16-8-5-13-25(30)34-32(42)19-26-23-11-4-7-15-29(23)41-31-18-17-21-9-1-2-10-22(21)33(31)35(34)36(26)41/h1-19H. The number of benzene rings is 6. The van der Waals surface area contributed by atoms with Gasteiger partial charge in [-0.25, -0.2) is 9.97 Å². The van der Waals surface area contributed by atoms with Crippen molar-refractivity contribution in [3.8, 4) is 12.0 Å². The quantitative estimate of drug-likeness (QED) is 0.212. The van der Waals surface area contributed by atoms with Crippen LogP contribution in [0.25, 0.3) is 87.5 Å². The van der Waals surface area contributed by atoms with Gasteiger partial charge in [0.1, 0.15) is 6.07 Å². The molecule has 10 aromatic rings. The Morgan fingerprint density at radius 1 is 0.524 bits per heavy atom. The van der Waals surface area contributed by atoms with Crippen molar-refractivity contribution in [2.75, 3.05) is 0 Å². The molecule has 0 saturated carbocycles. The van der Waals surface area contributed by atoms with E-state index in [-0.39, 0.29) is 0 Å². The fraction of sp³-hybridized carbons (Fsp3) is 0. The first kappa shape index (κ1) is 21.8. The molecule has 10 rings (SSSR count). The molecule has 192 valence electrons. The first-order valence-electron chi connectivity index (χ1n) is 14.0. The highest BCUT2D eigenvalue weighted by Gasteiger charge is 2.25. The lowest BCUT2D eigenvalue weighted by Gasteiger charge is -2.09. The lowest BCUT2D eigenvalue weighted by Crippen LogP contribution is -2.03. The van der Waals surface area contributed by atoms with Crippen LogP contribution in [0.15, 0.2) is 115 Å². The van der Waals surface area contributed by atoms with Crippen LogP contribution in [-0.4, -0.2) is 18.9 Å². The fourth-order valence-corrected chi connectivity index (χ4v) is 7.24. The van der Waals surface area contributed by atoms with Gasteiger partial charge in [-0.2, -0.15) is 5.26 Å². The van der Waals surface area contributed by atoms with Crippen LogP contribution < -0.4 is 0 Å². The minimum absolute atomic E-state index is 0.375. The molecule has 0 saturated heterocycles. The summed E-state index contributed by atoms with van der Waals surface area (Å²) in [5.74, 6) is 0.503. The maximum atomic E-state index is 10.1. The number of nitriles is 1. The van der Waals surface area contributed by atoms with Crippen LogP contribution >= 0.6 is 0 Å². The number of nitrogens with zero attached hydrogens (tertiary/aromatic N) is 5. The highest BCUT2D eigenvalue weighted by molar-refractivity contribution is 6.38. The smallest absolute Gasteiger partial charge is 0.236 e. The molecule has 0 spiro atoms. The van der Waals surface area contributed by atoms with Crippen molar-refractivity contribution < 1.29 is 0 Å². The Morgan fingerprint density at radius 3 is 2.07 bits per heavy atom. The Kier molecular flexibility index (Phi) is 3.94. The molecule has 0 amide bonds. The van der Waals surface area contributed by atoms with Crippen LogP contribution in [0.2, 0.25) is 0 Å². The van der Waals surface area contributed by atoms with Gasteiger partial charge in [-0.3, -0.25) is 4.57 Å². The van der Waals surface area contributed by atoms with Gasteiger partial charge in [0.15, 0.2) is 5.69 Å². The van der Waals surface area contributed by atoms with Crippen molar-refractivity contribution in [1.82, 2.24) is 18.9 Å². The molecule has 0 aliphatic rings. The highest BCUT2D eigenvalue weighted by atomic mass is 15.2. The Morgan fingerprint density at radius 2 is 1.21 bits per heavy atom. The predicted octanol–water partition coefficient (Wildman–Crippen LogP) is 8.90. The van der Waals surface area contributed by atoms with Gasteiger partial charge in [-0.1, -0.05) is 78.9 Å². The lowest BCUT2D eigenvalue weighted by molar-refractivity contribution is 1.00. The number of para-hydroxylation sites is 3. The van der Waals surface area contributed by atoms with Crippen LogP contribution in [0.3, 0.4) is 0 Å². The molecule has 0 atom stereocenters. The Balaban J connectivity index is 1.53. The second-order valence-corrected chi connectivity index (χ2v) is 10.9. The summed E-state index contributed by atoms with van der Waals surface area (Å²) in [6, 6.07) is 42.6. The third-order valence-corrected chi connectivity index (χ3v) is 8.89. The molecule has 0 bridgehead atoms. The summed E-state index contributed by atoms with van der Waals surface area (Å²) >= 11 is 0. The lowest BCUT2D eigenvalue weighted by atomic mass is 9.98. The van der Waals surface area contributed by atoms with Crippen molar-refractivity contribution in [1.29, 1.82) is 5.26 Å². The predicted molar refractivity (Wildman–Crippen MR) is 171 cm³/mol. The van der Waals surface area contributed by atoms with Crippen LogP contribution in [-0.2, 0) is 0 Å². The van der Waals surface area contributed by atoms with Crippen LogP contribution in [0, 0.1) is 11.3 Å². The third-order valence-electron chi connectivity index (χ3n) is 8.89. The minimum atomic E-state index is 0.375. The molecule has 4 aromatic heterocycles. The Labute approximate surface area is 238 Å². The van der Waals surface area contributed by atoms with E-state index >= 15 is 0 Å². The van der Waals surface area contributed by atoms with Gasteiger partial charge < -0.3 is 4.40 Å². The summed E-state index contributed by atoms with van der Waals surface area (Å²) in [4.78, 5) is 9.86. The van der Waals surface area contributed by atoms with E-state index in [2.05, 4.69) is 106 Å². The van der Waals surface area contributed by atoms with Gasteiger partial charge in [-0.15, -0.1) is 0 Å². The molecule has 0 aliphatic heterocycles. The Bertz CT molecular complexity index is 2810. The molecular weight excluding hydrogens is 514 g/mol. The van der Waals surface area contributed by atoms with Gasteiger partial charge >= 0.3 is 0 Å². The maximum Gasteiger partial charge on any atom is 0.236 e. The van der Waals surface area contributed by atoms with Crippen LogP contribution in [0.5, 0.6) is 0 Å². The number of hydrogen-bond donors (Lipinski definition) is 0. The Hall–Kier alpha value is -5.99. The monoisotopic (exact) mass is 533 g/mol. The molecular formula is C37H19N5. The summed E-state index contributed by atoms with van der Waals surface area (Å²) in [6.07, 6.45) is 0. The topological polar surface area (TPSA) is 58.9 Å². The second-order valence-electron chi connectivity index (χ2n) is 10.9. The summed E-state index contributed by atoms with van der Waals surface area (Å²) in [5.41, 5.74) is 6.80. The zero-order chi connectivity index (χ0) is 27.5. The van der Waals surface area contributed by atoms with E-state index < -0.39 is 0 Å². The van der Waals surface area contributed by atoms with Gasteiger partial charge in [-0.05, 0) is 47.2 Å². The summed E-state index contributed by atoms with van der Waals surface area (Å²) in [7, 11) is 0. The molecule has 42 heavy (non-hydrogen) atoms. The van der Waals surface area contributed by atoms with E-state index in [1.165, 1.54) is 54.3 Å². The average molecular weight is 534 g/mol. The summed E-state index contributed by atoms with van der Waals surface area (Å²) in [6.45, 7) is 0. The molecule has 0 aliphatic carbocycles. The van der Waals surface area contributed by atoms with Gasteiger partial charge in [0, 0.05) is 37.7 Å². The van der Waals surface area contributed by atoms with E-state index in [9.17, 15) is 5.26 Å². The van der Waals surface area contributed by atoms with E-state index in [0.29, 0.717) is 11.6 Å². The van der Waals surface area contributed by atoms with E-state index in [1.54, 1.807) is 0 Å². The van der Waals surface area contributed by atoms with Gasteiger partial charge in [0.05, 0.1) is 33.1 Å². The zero-order valence-corrected chi connectivity index (χ0v) is 22.2. The zero-order valence-electron chi connectivity index (χ0n) is 22.2. The molecule has 0 radical (unpaired) electrons. The molecule has 0 fully saturated rings. The molecule has 0 N–H and O–H groups in total.